The van der Waals surface area contributed by atoms with Crippen LogP contribution in [0.15, 0.2) is 12.1 Å². The minimum Gasteiger partial charge on any atom is -0.397 e. The molecule has 2 rings (SSSR count). The van der Waals surface area contributed by atoms with Crippen LogP contribution in [0.3, 0.4) is 0 Å². The summed E-state index contributed by atoms with van der Waals surface area (Å²) < 4.78 is 0. The fraction of sp³-hybridized carbons (Fsp3) is 0.300. The van der Waals surface area contributed by atoms with Crippen LogP contribution in [0.5, 0.6) is 0 Å². The van der Waals surface area contributed by atoms with Crippen molar-refractivity contribution in [3.63, 3.8) is 0 Å². The molecule has 1 aliphatic rings. The van der Waals surface area contributed by atoms with Gasteiger partial charge in [0.05, 0.1) is 11.4 Å². The second kappa shape index (κ2) is 2.76. The fourth-order valence-electron chi connectivity index (χ4n) is 1.72. The quantitative estimate of drug-likeness (QED) is 0.586. The molecular weight excluding hydrogens is 164 g/mol. The molecule has 1 aliphatic carbocycles. The predicted octanol–water partition coefficient (Wildman–Crippen LogP) is 1.37. The standard InChI is InChI=1S/C10H12N2O/c11-8-4-6-2-1-3-10(13)7(6)5-9(8)12/h4-5H,1-3,11-12H2. The molecule has 0 fully saturated rings. The zero-order valence-electron chi connectivity index (χ0n) is 7.34. The van der Waals surface area contributed by atoms with Gasteiger partial charge in [-0.15, -0.1) is 0 Å². The van der Waals surface area contributed by atoms with Gasteiger partial charge in [0.1, 0.15) is 0 Å². The predicted molar refractivity (Wildman–Crippen MR) is 52.5 cm³/mol. The summed E-state index contributed by atoms with van der Waals surface area (Å²) in [5.41, 5.74) is 14.2. The Bertz CT molecular complexity index is 371. The lowest BCUT2D eigenvalue weighted by Crippen LogP contribution is -2.12. The number of aryl methyl sites for hydroxylation is 1. The maximum Gasteiger partial charge on any atom is 0.163 e. The Balaban J connectivity index is 2.58. The molecule has 0 aliphatic heterocycles. The van der Waals surface area contributed by atoms with Crippen LogP contribution in [0.1, 0.15) is 28.8 Å². The zero-order chi connectivity index (χ0) is 9.42. The lowest BCUT2D eigenvalue weighted by atomic mass is 9.90. The molecule has 0 spiro atoms. The van der Waals surface area contributed by atoms with Crippen molar-refractivity contribution in [2.75, 3.05) is 11.5 Å². The van der Waals surface area contributed by atoms with E-state index < -0.39 is 0 Å². The monoisotopic (exact) mass is 176 g/mol. The number of fused-ring (bicyclic) bond motifs is 1. The second-order valence-electron chi connectivity index (χ2n) is 3.42. The van der Waals surface area contributed by atoms with Gasteiger partial charge in [-0.3, -0.25) is 4.79 Å². The van der Waals surface area contributed by atoms with Crippen molar-refractivity contribution >= 4 is 17.2 Å². The number of nitrogen functional groups attached to an aromatic ring is 2. The van der Waals surface area contributed by atoms with Crippen molar-refractivity contribution in [2.45, 2.75) is 19.3 Å². The summed E-state index contributed by atoms with van der Waals surface area (Å²) in [5.74, 6) is 0.188. The first-order valence-electron chi connectivity index (χ1n) is 4.39. The lowest BCUT2D eigenvalue weighted by molar-refractivity contribution is 0.0972. The van der Waals surface area contributed by atoms with Crippen LogP contribution in [-0.4, -0.2) is 5.78 Å². The Morgan fingerprint density at radius 2 is 1.77 bits per heavy atom. The molecule has 0 saturated heterocycles. The molecule has 1 aromatic carbocycles. The van der Waals surface area contributed by atoms with E-state index in [-0.39, 0.29) is 5.78 Å². The maximum atomic E-state index is 11.5. The molecule has 0 atom stereocenters. The van der Waals surface area contributed by atoms with Crippen LogP contribution in [0, 0.1) is 0 Å². The minimum atomic E-state index is 0.188. The molecule has 68 valence electrons. The van der Waals surface area contributed by atoms with Gasteiger partial charge in [-0.1, -0.05) is 0 Å². The Hall–Kier alpha value is -1.51. The Kier molecular flexibility index (Phi) is 1.72. The van der Waals surface area contributed by atoms with Crippen LogP contribution in [-0.2, 0) is 6.42 Å². The van der Waals surface area contributed by atoms with E-state index in [1.54, 1.807) is 6.07 Å². The van der Waals surface area contributed by atoms with E-state index in [2.05, 4.69) is 0 Å². The van der Waals surface area contributed by atoms with Crippen LogP contribution in [0.4, 0.5) is 11.4 Å². The average Bonchev–Trinajstić information content (AvgIpc) is 2.09. The van der Waals surface area contributed by atoms with Gasteiger partial charge >= 0.3 is 0 Å². The molecule has 3 heteroatoms. The van der Waals surface area contributed by atoms with E-state index in [0.29, 0.717) is 17.8 Å². The highest BCUT2D eigenvalue weighted by atomic mass is 16.1. The SMILES string of the molecule is Nc1cc2c(cc1N)C(=O)CCC2. The third-order valence-corrected chi connectivity index (χ3v) is 2.46. The Labute approximate surface area is 76.7 Å². The minimum absolute atomic E-state index is 0.188. The average molecular weight is 176 g/mol. The van der Waals surface area contributed by atoms with E-state index in [4.69, 9.17) is 11.5 Å². The van der Waals surface area contributed by atoms with Crippen molar-refractivity contribution in [3.05, 3.63) is 23.3 Å². The summed E-state index contributed by atoms with van der Waals surface area (Å²) in [6, 6.07) is 3.52. The highest BCUT2D eigenvalue weighted by Crippen LogP contribution is 2.27. The second-order valence-corrected chi connectivity index (χ2v) is 3.42. The van der Waals surface area contributed by atoms with Crippen molar-refractivity contribution in [1.82, 2.24) is 0 Å². The van der Waals surface area contributed by atoms with Gasteiger partial charge in [-0.05, 0) is 30.5 Å². The zero-order valence-corrected chi connectivity index (χ0v) is 7.34. The first-order chi connectivity index (χ1) is 6.18. The van der Waals surface area contributed by atoms with Crippen LogP contribution in [0.2, 0.25) is 0 Å². The fourth-order valence-corrected chi connectivity index (χ4v) is 1.72. The molecule has 0 amide bonds. The normalized spacial score (nSPS) is 15.5. The molecule has 0 radical (unpaired) electrons. The van der Waals surface area contributed by atoms with Gasteiger partial charge in [0.25, 0.3) is 0 Å². The molecule has 3 nitrogen and oxygen atoms in total. The summed E-state index contributed by atoms with van der Waals surface area (Å²) >= 11 is 0. The van der Waals surface area contributed by atoms with Crippen molar-refractivity contribution in [3.8, 4) is 0 Å². The van der Waals surface area contributed by atoms with E-state index in [0.717, 1.165) is 24.0 Å². The third-order valence-electron chi connectivity index (χ3n) is 2.46. The largest absolute Gasteiger partial charge is 0.397 e. The van der Waals surface area contributed by atoms with Gasteiger partial charge < -0.3 is 11.5 Å². The van der Waals surface area contributed by atoms with Gasteiger partial charge in [0.2, 0.25) is 0 Å². The van der Waals surface area contributed by atoms with Crippen LogP contribution >= 0.6 is 0 Å². The van der Waals surface area contributed by atoms with E-state index in [1.807, 2.05) is 6.07 Å². The van der Waals surface area contributed by atoms with Gasteiger partial charge in [-0.25, -0.2) is 0 Å². The number of ketones is 1. The number of hydrogen-bond acceptors (Lipinski definition) is 3. The molecule has 1 aromatic rings. The number of anilines is 2. The molecule has 0 heterocycles. The molecule has 0 unspecified atom stereocenters. The number of benzene rings is 1. The van der Waals surface area contributed by atoms with Gasteiger partial charge in [-0.2, -0.15) is 0 Å². The molecule has 0 saturated carbocycles. The number of carbonyl (C=O) groups is 1. The van der Waals surface area contributed by atoms with Gasteiger partial charge in [0.15, 0.2) is 5.78 Å². The Morgan fingerprint density at radius 1 is 1.08 bits per heavy atom. The maximum absolute atomic E-state index is 11.5. The summed E-state index contributed by atoms with van der Waals surface area (Å²) in [6.45, 7) is 0. The molecular formula is C10H12N2O. The number of rotatable bonds is 0. The van der Waals surface area contributed by atoms with Crippen molar-refractivity contribution in [2.24, 2.45) is 0 Å². The highest BCUT2D eigenvalue weighted by molar-refractivity contribution is 6.00. The number of Topliss-reactive ketones (excluding diaryl/α,β-unsaturated/α-hetero) is 1. The van der Waals surface area contributed by atoms with E-state index in [1.165, 1.54) is 0 Å². The summed E-state index contributed by atoms with van der Waals surface area (Å²) in [4.78, 5) is 11.5. The third kappa shape index (κ3) is 1.26. The summed E-state index contributed by atoms with van der Waals surface area (Å²) in [7, 11) is 0. The number of carbonyl (C=O) groups excluding carboxylic acids is 1. The molecule has 13 heavy (non-hydrogen) atoms. The highest BCUT2D eigenvalue weighted by Gasteiger charge is 2.17. The van der Waals surface area contributed by atoms with Crippen LogP contribution in [0.25, 0.3) is 0 Å². The van der Waals surface area contributed by atoms with Crippen molar-refractivity contribution < 1.29 is 4.79 Å². The summed E-state index contributed by atoms with van der Waals surface area (Å²) in [5, 5.41) is 0. The first kappa shape index (κ1) is 8.10. The van der Waals surface area contributed by atoms with Gasteiger partial charge in [0, 0.05) is 12.0 Å². The molecule has 0 bridgehead atoms. The first-order valence-corrected chi connectivity index (χ1v) is 4.39. The summed E-state index contributed by atoms with van der Waals surface area (Å²) in [6.07, 6.45) is 2.50. The van der Waals surface area contributed by atoms with E-state index >= 15 is 0 Å². The molecule has 0 aromatic heterocycles. The number of hydrogen-bond donors (Lipinski definition) is 2. The van der Waals surface area contributed by atoms with E-state index in [9.17, 15) is 4.79 Å². The lowest BCUT2D eigenvalue weighted by Gasteiger charge is -2.15. The molecule has 4 N–H and O–H groups in total. The van der Waals surface area contributed by atoms with Crippen molar-refractivity contribution in [1.29, 1.82) is 0 Å². The Morgan fingerprint density at radius 3 is 2.54 bits per heavy atom. The topological polar surface area (TPSA) is 69.1 Å². The number of nitrogens with two attached hydrogens (primary N) is 2. The van der Waals surface area contributed by atoms with Crippen LogP contribution < -0.4 is 11.5 Å². The smallest absolute Gasteiger partial charge is 0.163 e.